The summed E-state index contributed by atoms with van der Waals surface area (Å²) in [5.41, 5.74) is 3.84. The zero-order valence-corrected chi connectivity index (χ0v) is 20.5. The summed E-state index contributed by atoms with van der Waals surface area (Å²) in [5, 5.41) is 0. The molecule has 1 amide bonds. The minimum atomic E-state index is -0.145. The summed E-state index contributed by atoms with van der Waals surface area (Å²) in [6.45, 7) is 6.70. The van der Waals surface area contributed by atoms with Crippen molar-refractivity contribution in [2.75, 3.05) is 31.1 Å². The van der Waals surface area contributed by atoms with Crippen molar-refractivity contribution in [3.63, 3.8) is 0 Å². The first kappa shape index (κ1) is 23.1. The molecule has 33 heavy (non-hydrogen) atoms. The lowest BCUT2D eigenvalue weighted by molar-refractivity contribution is -0.130. The molecule has 0 spiro atoms. The van der Waals surface area contributed by atoms with E-state index < -0.39 is 0 Å². The van der Waals surface area contributed by atoms with E-state index in [1.54, 1.807) is 18.3 Å². The Labute approximate surface area is 202 Å². The number of aromatic nitrogens is 2. The number of amides is 1. The number of hydrogen-bond acceptors (Lipinski definition) is 5. The van der Waals surface area contributed by atoms with Gasteiger partial charge in [0.15, 0.2) is 0 Å². The van der Waals surface area contributed by atoms with E-state index in [1.807, 2.05) is 55.1 Å². The fourth-order valence-corrected chi connectivity index (χ4v) is 4.32. The minimum Gasteiger partial charge on any atom is -0.355 e. The Hall–Kier alpha value is -3.06. The molecule has 7 heteroatoms. The van der Waals surface area contributed by atoms with Gasteiger partial charge in [-0.25, -0.2) is 4.98 Å². The molecule has 3 aromatic rings. The van der Waals surface area contributed by atoms with Gasteiger partial charge in [-0.3, -0.25) is 14.6 Å². The van der Waals surface area contributed by atoms with Crippen LogP contribution in [0.4, 0.5) is 5.82 Å². The van der Waals surface area contributed by atoms with Crippen LogP contribution in [0.3, 0.4) is 0 Å². The van der Waals surface area contributed by atoms with Crippen molar-refractivity contribution in [3.8, 4) is 0 Å². The van der Waals surface area contributed by atoms with Crippen molar-refractivity contribution in [1.82, 2.24) is 14.9 Å². The number of rotatable bonds is 5. The molecule has 1 saturated heterocycles. The van der Waals surface area contributed by atoms with Gasteiger partial charge in [-0.15, -0.1) is 0 Å². The Balaban J connectivity index is 1.44. The average molecular weight is 507 g/mol. The van der Waals surface area contributed by atoms with Crippen LogP contribution < -0.4 is 4.90 Å². The number of halogens is 1. The quantitative estimate of drug-likeness (QED) is 0.480. The predicted molar refractivity (Wildman–Crippen MR) is 133 cm³/mol. The van der Waals surface area contributed by atoms with Gasteiger partial charge in [-0.2, -0.15) is 0 Å². The molecule has 1 aromatic carbocycles. The van der Waals surface area contributed by atoms with E-state index in [0.29, 0.717) is 36.5 Å². The lowest BCUT2D eigenvalue weighted by Crippen LogP contribution is -2.36. The summed E-state index contributed by atoms with van der Waals surface area (Å²) < 4.78 is 0.760. The lowest BCUT2D eigenvalue weighted by atomic mass is 10.1. The Kier molecular flexibility index (Phi) is 7.18. The van der Waals surface area contributed by atoms with Gasteiger partial charge in [0.05, 0.1) is 6.42 Å². The summed E-state index contributed by atoms with van der Waals surface area (Å²) in [6.07, 6.45) is 2.95. The lowest BCUT2D eigenvalue weighted by Gasteiger charge is -2.23. The number of hydrogen-bond donors (Lipinski definition) is 0. The standard InChI is InChI=1S/C26H27BrN4O2/c1-18-7-9-20(10-8-18)15-25(32)31-12-4-11-30(13-14-31)24-6-3-5-23(29-24)26(33)22-16-21(27)17-28-19(22)2/h3,5-10,16-17H,4,11-15H2,1-2H3. The van der Waals surface area contributed by atoms with E-state index in [1.165, 1.54) is 5.56 Å². The van der Waals surface area contributed by atoms with Crippen LogP contribution in [0.2, 0.25) is 0 Å². The molecule has 0 atom stereocenters. The largest absolute Gasteiger partial charge is 0.355 e. The average Bonchev–Trinajstić information content (AvgIpc) is 3.08. The highest BCUT2D eigenvalue weighted by molar-refractivity contribution is 9.10. The van der Waals surface area contributed by atoms with Crippen molar-refractivity contribution >= 4 is 33.4 Å². The smallest absolute Gasteiger partial charge is 0.227 e. The molecular weight excluding hydrogens is 480 g/mol. The monoisotopic (exact) mass is 506 g/mol. The third-order valence-electron chi connectivity index (χ3n) is 5.91. The van der Waals surface area contributed by atoms with Gasteiger partial charge in [0, 0.05) is 48.1 Å². The van der Waals surface area contributed by atoms with E-state index in [2.05, 4.69) is 30.8 Å². The van der Waals surface area contributed by atoms with Crippen molar-refractivity contribution in [3.05, 3.63) is 87.3 Å². The van der Waals surface area contributed by atoms with Crippen molar-refractivity contribution in [2.24, 2.45) is 0 Å². The second-order valence-corrected chi connectivity index (χ2v) is 9.30. The van der Waals surface area contributed by atoms with E-state index >= 15 is 0 Å². The molecule has 1 fully saturated rings. The van der Waals surface area contributed by atoms with Gasteiger partial charge in [-0.05, 0) is 60.0 Å². The second kappa shape index (κ2) is 10.3. The summed E-state index contributed by atoms with van der Waals surface area (Å²) in [5.74, 6) is 0.761. The topological polar surface area (TPSA) is 66.4 Å². The predicted octanol–water partition coefficient (Wildman–Crippen LogP) is 4.37. The molecule has 1 aliphatic rings. The molecule has 0 unspecified atom stereocenters. The summed E-state index contributed by atoms with van der Waals surface area (Å²) in [7, 11) is 0. The first-order valence-corrected chi connectivity index (χ1v) is 11.9. The molecule has 0 bridgehead atoms. The summed E-state index contributed by atoms with van der Waals surface area (Å²) in [6, 6.07) is 15.4. The first-order chi connectivity index (χ1) is 15.9. The number of aryl methyl sites for hydroxylation is 2. The maximum Gasteiger partial charge on any atom is 0.227 e. The van der Waals surface area contributed by atoms with Crippen LogP contribution in [0.1, 0.15) is 39.3 Å². The molecule has 1 aliphatic heterocycles. The molecule has 4 rings (SSSR count). The molecule has 0 radical (unpaired) electrons. The summed E-state index contributed by atoms with van der Waals surface area (Å²) in [4.78, 5) is 38.9. The molecule has 2 aromatic heterocycles. The van der Waals surface area contributed by atoms with Gasteiger partial charge in [0.25, 0.3) is 0 Å². The molecule has 170 valence electrons. The van der Waals surface area contributed by atoms with E-state index in [0.717, 1.165) is 35.4 Å². The molecule has 0 aliphatic carbocycles. The number of benzene rings is 1. The van der Waals surface area contributed by atoms with Crippen molar-refractivity contribution in [2.45, 2.75) is 26.7 Å². The highest BCUT2D eigenvalue weighted by Gasteiger charge is 2.21. The number of carbonyl (C=O) groups excluding carboxylic acids is 2. The van der Waals surface area contributed by atoms with Crippen LogP contribution in [0.25, 0.3) is 0 Å². The molecule has 0 saturated carbocycles. The van der Waals surface area contributed by atoms with Crippen LogP contribution in [-0.4, -0.2) is 52.7 Å². The van der Waals surface area contributed by atoms with Gasteiger partial charge in [0.1, 0.15) is 11.5 Å². The number of ketones is 1. The van der Waals surface area contributed by atoms with E-state index in [-0.39, 0.29) is 11.7 Å². The highest BCUT2D eigenvalue weighted by Crippen LogP contribution is 2.20. The zero-order valence-electron chi connectivity index (χ0n) is 18.9. The Bertz CT molecular complexity index is 1160. The number of pyridine rings is 2. The minimum absolute atomic E-state index is 0.145. The van der Waals surface area contributed by atoms with Gasteiger partial charge >= 0.3 is 0 Å². The number of carbonyl (C=O) groups is 2. The highest BCUT2D eigenvalue weighted by atomic mass is 79.9. The SMILES string of the molecule is Cc1ccc(CC(=O)N2CCCN(c3cccc(C(=O)c4cc(Br)cnc4C)n3)CC2)cc1. The van der Waals surface area contributed by atoms with E-state index in [4.69, 9.17) is 0 Å². The maximum atomic E-state index is 13.1. The maximum absolute atomic E-state index is 13.1. The third-order valence-corrected chi connectivity index (χ3v) is 6.35. The Morgan fingerprint density at radius 3 is 2.58 bits per heavy atom. The van der Waals surface area contributed by atoms with Crippen molar-refractivity contribution in [1.29, 1.82) is 0 Å². The van der Waals surface area contributed by atoms with Gasteiger partial charge in [-0.1, -0.05) is 35.9 Å². The first-order valence-electron chi connectivity index (χ1n) is 11.1. The Morgan fingerprint density at radius 2 is 1.79 bits per heavy atom. The van der Waals surface area contributed by atoms with Crippen molar-refractivity contribution < 1.29 is 9.59 Å². The molecule has 0 N–H and O–H groups in total. The zero-order chi connectivity index (χ0) is 23.4. The van der Waals surface area contributed by atoms with Crippen LogP contribution in [0.15, 0.2) is 59.2 Å². The number of anilines is 1. The summed E-state index contributed by atoms with van der Waals surface area (Å²) >= 11 is 3.39. The van der Waals surface area contributed by atoms with Crippen LogP contribution in [-0.2, 0) is 11.2 Å². The fraction of sp³-hybridized carbons (Fsp3) is 0.308. The normalized spacial score (nSPS) is 14.2. The number of nitrogens with zero attached hydrogens (tertiary/aromatic N) is 4. The molecular formula is C26H27BrN4O2. The van der Waals surface area contributed by atoms with Gasteiger partial charge in [0.2, 0.25) is 11.7 Å². The molecule has 3 heterocycles. The fourth-order valence-electron chi connectivity index (χ4n) is 3.99. The Morgan fingerprint density at radius 1 is 1.00 bits per heavy atom. The van der Waals surface area contributed by atoms with Crippen LogP contribution in [0, 0.1) is 13.8 Å². The van der Waals surface area contributed by atoms with Crippen LogP contribution in [0.5, 0.6) is 0 Å². The molecule has 6 nitrogen and oxygen atoms in total. The van der Waals surface area contributed by atoms with E-state index in [9.17, 15) is 9.59 Å². The van der Waals surface area contributed by atoms with Gasteiger partial charge < -0.3 is 9.80 Å². The second-order valence-electron chi connectivity index (χ2n) is 8.38. The van der Waals surface area contributed by atoms with Crippen LogP contribution >= 0.6 is 15.9 Å². The third kappa shape index (κ3) is 5.66.